The summed E-state index contributed by atoms with van der Waals surface area (Å²) in [5.74, 6) is 0. The lowest BCUT2D eigenvalue weighted by molar-refractivity contribution is 0.216. The van der Waals surface area contributed by atoms with Crippen LogP contribution in [-0.2, 0) is 6.54 Å². The van der Waals surface area contributed by atoms with Crippen molar-refractivity contribution in [2.24, 2.45) is 0 Å². The molecule has 2 bridgehead atoms. The molecular formula is C12H14ClN2. The molecule has 3 heteroatoms. The number of piperazine rings is 1. The smallest absolute Gasteiger partial charge is 0.0409 e. The summed E-state index contributed by atoms with van der Waals surface area (Å²) < 4.78 is 0. The van der Waals surface area contributed by atoms with Crippen LogP contribution < -0.4 is 5.32 Å². The van der Waals surface area contributed by atoms with E-state index in [9.17, 15) is 0 Å². The first-order valence-electron chi connectivity index (χ1n) is 5.46. The summed E-state index contributed by atoms with van der Waals surface area (Å²) >= 11 is 5.97. The minimum absolute atomic E-state index is 0.606. The Kier molecular flexibility index (Phi) is 2.43. The summed E-state index contributed by atoms with van der Waals surface area (Å²) in [4.78, 5) is 2.53. The summed E-state index contributed by atoms with van der Waals surface area (Å²) in [5, 5.41) is 5.38. The number of halogens is 1. The Morgan fingerprint density at radius 1 is 1.47 bits per heavy atom. The second-order valence-electron chi connectivity index (χ2n) is 4.47. The second-order valence-corrected chi connectivity index (χ2v) is 4.90. The number of rotatable bonds is 2. The fraction of sp³-hybridized carbons (Fsp3) is 0.500. The van der Waals surface area contributed by atoms with E-state index in [1.165, 1.54) is 12.0 Å². The largest absolute Gasteiger partial charge is 0.293 e. The molecule has 2 fully saturated rings. The molecule has 0 N–H and O–H groups in total. The topological polar surface area (TPSA) is 17.3 Å². The maximum Gasteiger partial charge on any atom is 0.0409 e. The van der Waals surface area contributed by atoms with Crippen molar-refractivity contribution in [2.75, 3.05) is 13.1 Å². The molecule has 3 rings (SSSR count). The Morgan fingerprint density at radius 3 is 3.07 bits per heavy atom. The van der Waals surface area contributed by atoms with Gasteiger partial charge in [-0.05, 0) is 24.1 Å². The first kappa shape index (κ1) is 9.64. The van der Waals surface area contributed by atoms with Crippen LogP contribution in [0.4, 0.5) is 0 Å². The number of nitrogens with zero attached hydrogens (tertiary/aromatic N) is 2. The van der Waals surface area contributed by atoms with Gasteiger partial charge in [0.15, 0.2) is 0 Å². The highest BCUT2D eigenvalue weighted by Gasteiger charge is 2.38. The van der Waals surface area contributed by atoms with Gasteiger partial charge in [-0.25, -0.2) is 5.32 Å². The molecule has 2 saturated heterocycles. The highest BCUT2D eigenvalue weighted by atomic mass is 35.5. The van der Waals surface area contributed by atoms with Gasteiger partial charge in [-0.15, -0.1) is 0 Å². The van der Waals surface area contributed by atoms with Gasteiger partial charge >= 0.3 is 0 Å². The zero-order chi connectivity index (χ0) is 10.3. The third-order valence-electron chi connectivity index (χ3n) is 3.35. The minimum Gasteiger partial charge on any atom is -0.293 e. The molecule has 0 unspecified atom stereocenters. The quantitative estimate of drug-likeness (QED) is 0.746. The van der Waals surface area contributed by atoms with Gasteiger partial charge < -0.3 is 0 Å². The SMILES string of the molecule is Clc1cccc(CN2C[C@@H]3C[C@H]2C[N]3)c1. The lowest BCUT2D eigenvalue weighted by Crippen LogP contribution is -2.39. The molecule has 0 spiro atoms. The van der Waals surface area contributed by atoms with E-state index in [4.69, 9.17) is 11.6 Å². The second kappa shape index (κ2) is 3.78. The van der Waals surface area contributed by atoms with Crippen molar-refractivity contribution in [3.8, 4) is 0 Å². The first-order valence-corrected chi connectivity index (χ1v) is 5.84. The molecular weight excluding hydrogens is 208 g/mol. The molecule has 1 radical (unpaired) electrons. The fourth-order valence-electron chi connectivity index (χ4n) is 2.61. The molecule has 2 atom stereocenters. The van der Waals surface area contributed by atoms with Crippen molar-refractivity contribution in [1.29, 1.82) is 0 Å². The zero-order valence-corrected chi connectivity index (χ0v) is 9.32. The van der Waals surface area contributed by atoms with Crippen molar-refractivity contribution >= 4 is 11.6 Å². The van der Waals surface area contributed by atoms with Crippen LogP contribution in [0.2, 0.25) is 5.02 Å². The van der Waals surface area contributed by atoms with Gasteiger partial charge in [-0.2, -0.15) is 0 Å². The minimum atomic E-state index is 0.606. The maximum absolute atomic E-state index is 5.97. The van der Waals surface area contributed by atoms with Gasteiger partial charge in [0, 0.05) is 36.7 Å². The van der Waals surface area contributed by atoms with Crippen molar-refractivity contribution in [3.05, 3.63) is 34.9 Å². The standard InChI is InChI=1S/C12H14ClN2/c13-10-3-1-2-9(4-10)7-15-8-11-5-12(15)6-14-11/h1-4,11-12H,5-8H2/t11-,12-/m0/s1. The van der Waals surface area contributed by atoms with E-state index in [-0.39, 0.29) is 0 Å². The number of likely N-dealkylation sites (tertiary alicyclic amines) is 1. The highest BCUT2D eigenvalue weighted by Crippen LogP contribution is 2.26. The molecule has 0 amide bonds. The molecule has 0 aliphatic carbocycles. The molecule has 2 aliphatic rings. The van der Waals surface area contributed by atoms with Crippen LogP contribution in [0, 0.1) is 0 Å². The van der Waals surface area contributed by atoms with E-state index < -0.39 is 0 Å². The Labute approximate surface area is 95.2 Å². The van der Waals surface area contributed by atoms with Gasteiger partial charge in [0.1, 0.15) is 0 Å². The summed E-state index contributed by atoms with van der Waals surface area (Å²) in [5.41, 5.74) is 1.31. The average molecular weight is 222 g/mol. The highest BCUT2D eigenvalue weighted by molar-refractivity contribution is 6.30. The maximum atomic E-state index is 5.97. The van der Waals surface area contributed by atoms with Gasteiger partial charge in [-0.3, -0.25) is 4.90 Å². The summed E-state index contributed by atoms with van der Waals surface area (Å²) in [6, 6.07) is 9.45. The third kappa shape index (κ3) is 1.89. The Balaban J connectivity index is 1.71. The normalized spacial score (nSPS) is 29.9. The summed E-state index contributed by atoms with van der Waals surface area (Å²) in [6.45, 7) is 3.19. The zero-order valence-electron chi connectivity index (χ0n) is 8.56. The Hall–Kier alpha value is -0.570. The molecule has 1 aromatic carbocycles. The van der Waals surface area contributed by atoms with Crippen molar-refractivity contribution in [1.82, 2.24) is 10.2 Å². The summed E-state index contributed by atoms with van der Waals surface area (Å²) in [7, 11) is 0. The Morgan fingerprint density at radius 2 is 2.40 bits per heavy atom. The van der Waals surface area contributed by atoms with Crippen LogP contribution in [0.1, 0.15) is 12.0 Å². The predicted octanol–water partition coefficient (Wildman–Crippen LogP) is 1.90. The van der Waals surface area contributed by atoms with Crippen LogP contribution in [0.15, 0.2) is 24.3 Å². The van der Waals surface area contributed by atoms with Gasteiger partial charge in [-0.1, -0.05) is 23.7 Å². The predicted molar refractivity (Wildman–Crippen MR) is 61.1 cm³/mol. The molecule has 2 heterocycles. The number of fused-ring (bicyclic) bond motifs is 2. The molecule has 0 aromatic heterocycles. The number of hydrogen-bond donors (Lipinski definition) is 0. The third-order valence-corrected chi connectivity index (χ3v) is 3.59. The molecule has 79 valence electrons. The fourth-order valence-corrected chi connectivity index (χ4v) is 2.83. The summed E-state index contributed by atoms with van der Waals surface area (Å²) in [6.07, 6.45) is 1.26. The molecule has 2 aliphatic heterocycles. The van der Waals surface area contributed by atoms with Crippen LogP contribution in [0.25, 0.3) is 0 Å². The number of hydrogen-bond acceptors (Lipinski definition) is 1. The monoisotopic (exact) mass is 221 g/mol. The molecule has 1 aromatic rings. The van der Waals surface area contributed by atoms with Crippen molar-refractivity contribution in [3.63, 3.8) is 0 Å². The Bertz CT molecular complexity index is 366. The van der Waals surface area contributed by atoms with E-state index in [0.717, 1.165) is 24.7 Å². The van der Waals surface area contributed by atoms with Crippen LogP contribution >= 0.6 is 11.6 Å². The molecule has 0 saturated carbocycles. The number of benzene rings is 1. The van der Waals surface area contributed by atoms with Crippen LogP contribution in [-0.4, -0.2) is 30.1 Å². The van der Waals surface area contributed by atoms with E-state index in [2.05, 4.69) is 22.3 Å². The first-order chi connectivity index (χ1) is 7.31. The van der Waals surface area contributed by atoms with Crippen molar-refractivity contribution in [2.45, 2.75) is 25.0 Å². The van der Waals surface area contributed by atoms with E-state index in [1.807, 2.05) is 12.1 Å². The van der Waals surface area contributed by atoms with Crippen LogP contribution in [0.5, 0.6) is 0 Å². The van der Waals surface area contributed by atoms with Crippen molar-refractivity contribution < 1.29 is 0 Å². The lowest BCUT2D eigenvalue weighted by Gasteiger charge is -2.26. The van der Waals surface area contributed by atoms with Gasteiger partial charge in [0.25, 0.3) is 0 Å². The average Bonchev–Trinajstić information content (AvgIpc) is 2.79. The van der Waals surface area contributed by atoms with Crippen LogP contribution in [0.3, 0.4) is 0 Å². The van der Waals surface area contributed by atoms with E-state index in [0.29, 0.717) is 12.1 Å². The molecule has 15 heavy (non-hydrogen) atoms. The van der Waals surface area contributed by atoms with E-state index >= 15 is 0 Å². The van der Waals surface area contributed by atoms with E-state index in [1.54, 1.807) is 0 Å². The molecule has 2 nitrogen and oxygen atoms in total. The van der Waals surface area contributed by atoms with Gasteiger partial charge in [0.05, 0.1) is 0 Å². The lowest BCUT2D eigenvalue weighted by atomic mass is 10.2. The van der Waals surface area contributed by atoms with Gasteiger partial charge in [0.2, 0.25) is 0 Å².